The molecule has 0 spiro atoms. The van der Waals surface area contributed by atoms with E-state index in [9.17, 15) is 14.0 Å². The summed E-state index contributed by atoms with van der Waals surface area (Å²) in [6.07, 6.45) is 0.146. The summed E-state index contributed by atoms with van der Waals surface area (Å²) in [5.41, 5.74) is 1.48. The number of rotatable bonds is 8. The topological polar surface area (TPSA) is 61.8 Å². The predicted molar refractivity (Wildman–Crippen MR) is 104 cm³/mol. The molecule has 0 aliphatic heterocycles. The van der Waals surface area contributed by atoms with Gasteiger partial charge in [0.2, 0.25) is 0 Å². The maximum absolute atomic E-state index is 14.1. The molecule has 0 heterocycles. The van der Waals surface area contributed by atoms with Crippen LogP contribution in [0, 0.1) is 5.82 Å². The van der Waals surface area contributed by atoms with Gasteiger partial charge in [-0.3, -0.25) is 0 Å². The maximum atomic E-state index is 14.1. The number of esters is 2. The molecule has 0 N–H and O–H groups in total. The Bertz CT molecular complexity index is 900. The summed E-state index contributed by atoms with van der Waals surface area (Å²) in [7, 11) is 1.47. The number of hydrogen-bond acceptors (Lipinski definition) is 5. The minimum Gasteiger partial charge on any atom is -0.497 e. The van der Waals surface area contributed by atoms with Crippen LogP contribution in [0.3, 0.4) is 0 Å². The van der Waals surface area contributed by atoms with Gasteiger partial charge >= 0.3 is 11.9 Å². The van der Waals surface area contributed by atoms with Gasteiger partial charge in [0.1, 0.15) is 17.3 Å². The van der Waals surface area contributed by atoms with Crippen molar-refractivity contribution in [2.24, 2.45) is 0 Å². The molecule has 0 bridgehead atoms. The van der Waals surface area contributed by atoms with E-state index in [0.29, 0.717) is 22.6 Å². The van der Waals surface area contributed by atoms with Crippen molar-refractivity contribution in [2.75, 3.05) is 13.7 Å². The van der Waals surface area contributed by atoms with Gasteiger partial charge in [0.25, 0.3) is 0 Å². The lowest BCUT2D eigenvalue weighted by Crippen LogP contribution is -2.14. The van der Waals surface area contributed by atoms with Crippen molar-refractivity contribution < 1.29 is 28.2 Å². The molecule has 0 radical (unpaired) electrons. The fraction of sp³-hybridized carbons (Fsp3) is 0.182. The van der Waals surface area contributed by atoms with Gasteiger partial charge in [-0.1, -0.05) is 25.3 Å². The summed E-state index contributed by atoms with van der Waals surface area (Å²) in [5.74, 6) is -0.846. The standard InChI is InChI=1S/C22H21FO5/c1-14(2)21(24)27-12-11-15(3)22(25)28-17-7-5-16(6-8-17)19-10-9-18(26-4)13-20(19)23/h5-10,13H,1,3,11-12H2,2,4H3. The molecule has 0 aliphatic rings. The number of benzene rings is 2. The fourth-order valence-corrected chi connectivity index (χ4v) is 2.23. The Balaban J connectivity index is 1.94. The van der Waals surface area contributed by atoms with E-state index in [2.05, 4.69) is 13.2 Å². The molecule has 146 valence electrons. The molecule has 0 aliphatic carbocycles. The lowest BCUT2D eigenvalue weighted by molar-refractivity contribution is -0.139. The Labute approximate surface area is 163 Å². The van der Waals surface area contributed by atoms with E-state index >= 15 is 0 Å². The first-order valence-corrected chi connectivity index (χ1v) is 8.48. The number of halogens is 1. The average Bonchev–Trinajstić information content (AvgIpc) is 2.68. The van der Waals surface area contributed by atoms with Crippen molar-refractivity contribution in [1.29, 1.82) is 0 Å². The lowest BCUT2D eigenvalue weighted by Gasteiger charge is -2.09. The molecule has 2 aromatic carbocycles. The molecule has 2 rings (SSSR count). The molecule has 0 amide bonds. The Morgan fingerprint density at radius 1 is 1.00 bits per heavy atom. The third-order valence-corrected chi connectivity index (χ3v) is 3.83. The summed E-state index contributed by atoms with van der Waals surface area (Å²) in [4.78, 5) is 23.3. The highest BCUT2D eigenvalue weighted by molar-refractivity contribution is 5.90. The summed E-state index contributed by atoms with van der Waals surface area (Å²) in [5, 5.41) is 0. The van der Waals surface area contributed by atoms with Crippen LogP contribution in [0.2, 0.25) is 0 Å². The molecule has 0 aromatic heterocycles. The molecule has 0 fully saturated rings. The number of methoxy groups -OCH3 is 1. The predicted octanol–water partition coefficient (Wildman–Crippen LogP) is 4.47. The molecule has 28 heavy (non-hydrogen) atoms. The largest absolute Gasteiger partial charge is 0.497 e. The highest BCUT2D eigenvalue weighted by Gasteiger charge is 2.12. The van der Waals surface area contributed by atoms with Crippen LogP contribution in [0.1, 0.15) is 13.3 Å². The molecule has 2 aromatic rings. The highest BCUT2D eigenvalue weighted by Crippen LogP contribution is 2.28. The van der Waals surface area contributed by atoms with Crippen LogP contribution in [-0.4, -0.2) is 25.7 Å². The zero-order valence-electron chi connectivity index (χ0n) is 15.8. The molecule has 6 heteroatoms. The van der Waals surface area contributed by atoms with Crippen LogP contribution < -0.4 is 9.47 Å². The average molecular weight is 384 g/mol. The Hall–Kier alpha value is -3.41. The lowest BCUT2D eigenvalue weighted by atomic mass is 10.0. The molecule has 5 nitrogen and oxygen atoms in total. The Morgan fingerprint density at radius 2 is 1.64 bits per heavy atom. The number of ether oxygens (including phenoxy) is 3. The second kappa shape index (κ2) is 9.50. The minimum absolute atomic E-state index is 0.00924. The van der Waals surface area contributed by atoms with Gasteiger partial charge in [0.15, 0.2) is 0 Å². The van der Waals surface area contributed by atoms with Crippen LogP contribution in [0.15, 0.2) is 66.8 Å². The molecule has 0 saturated carbocycles. The molecule has 0 saturated heterocycles. The van der Waals surface area contributed by atoms with Crippen LogP contribution in [-0.2, 0) is 14.3 Å². The quantitative estimate of drug-likeness (QED) is 0.382. The fourth-order valence-electron chi connectivity index (χ4n) is 2.23. The van der Waals surface area contributed by atoms with E-state index in [1.807, 2.05) is 0 Å². The van der Waals surface area contributed by atoms with E-state index in [0.717, 1.165) is 0 Å². The molecular formula is C22H21FO5. The van der Waals surface area contributed by atoms with E-state index in [1.165, 1.54) is 20.1 Å². The van der Waals surface area contributed by atoms with Gasteiger partial charge in [0, 0.05) is 29.2 Å². The second-order valence-electron chi connectivity index (χ2n) is 6.03. The Kier molecular flexibility index (Phi) is 7.09. The summed E-state index contributed by atoms with van der Waals surface area (Å²) < 4.78 is 29.3. The molecule has 0 unspecified atom stereocenters. The van der Waals surface area contributed by atoms with Crippen molar-refractivity contribution in [3.63, 3.8) is 0 Å². The van der Waals surface area contributed by atoms with E-state index in [1.54, 1.807) is 36.4 Å². The van der Waals surface area contributed by atoms with Gasteiger partial charge in [-0.25, -0.2) is 14.0 Å². The third kappa shape index (κ3) is 5.54. The number of carbonyl (C=O) groups is 2. The van der Waals surface area contributed by atoms with Gasteiger partial charge in [-0.15, -0.1) is 0 Å². The number of hydrogen-bond donors (Lipinski definition) is 0. The highest BCUT2D eigenvalue weighted by atomic mass is 19.1. The first-order chi connectivity index (χ1) is 13.3. The summed E-state index contributed by atoms with van der Waals surface area (Å²) in [6.45, 7) is 8.65. The monoisotopic (exact) mass is 384 g/mol. The SMILES string of the molecule is C=C(C)C(=O)OCCC(=C)C(=O)Oc1ccc(-c2ccc(OC)cc2F)cc1. The molecular weight excluding hydrogens is 363 g/mol. The van der Waals surface area contributed by atoms with Gasteiger partial charge in [-0.2, -0.15) is 0 Å². The van der Waals surface area contributed by atoms with Crippen LogP contribution in [0.4, 0.5) is 4.39 Å². The van der Waals surface area contributed by atoms with E-state index < -0.39 is 17.8 Å². The van der Waals surface area contributed by atoms with E-state index in [4.69, 9.17) is 14.2 Å². The normalized spacial score (nSPS) is 10.1. The maximum Gasteiger partial charge on any atom is 0.338 e. The zero-order chi connectivity index (χ0) is 20.7. The van der Waals surface area contributed by atoms with Gasteiger partial charge in [0.05, 0.1) is 13.7 Å². The smallest absolute Gasteiger partial charge is 0.338 e. The van der Waals surface area contributed by atoms with Crippen molar-refractivity contribution in [2.45, 2.75) is 13.3 Å². The first kappa shape index (κ1) is 20.9. The van der Waals surface area contributed by atoms with E-state index in [-0.39, 0.29) is 24.2 Å². The van der Waals surface area contributed by atoms with Crippen LogP contribution in [0.25, 0.3) is 11.1 Å². The second-order valence-corrected chi connectivity index (χ2v) is 6.03. The first-order valence-electron chi connectivity index (χ1n) is 8.48. The van der Waals surface area contributed by atoms with Crippen molar-refractivity contribution in [3.8, 4) is 22.6 Å². The zero-order valence-corrected chi connectivity index (χ0v) is 15.8. The number of carbonyl (C=O) groups excluding carboxylic acids is 2. The van der Waals surface area contributed by atoms with Crippen molar-refractivity contribution in [3.05, 3.63) is 72.6 Å². The Morgan fingerprint density at radius 3 is 2.21 bits per heavy atom. The third-order valence-electron chi connectivity index (χ3n) is 3.83. The van der Waals surface area contributed by atoms with Crippen molar-refractivity contribution in [1.82, 2.24) is 0 Å². The minimum atomic E-state index is -0.630. The van der Waals surface area contributed by atoms with Gasteiger partial charge in [-0.05, 0) is 36.8 Å². The van der Waals surface area contributed by atoms with Gasteiger partial charge < -0.3 is 14.2 Å². The van der Waals surface area contributed by atoms with Crippen molar-refractivity contribution >= 4 is 11.9 Å². The van der Waals surface area contributed by atoms with Crippen LogP contribution >= 0.6 is 0 Å². The summed E-state index contributed by atoms with van der Waals surface area (Å²) >= 11 is 0. The molecule has 0 atom stereocenters. The van der Waals surface area contributed by atoms with Crippen LogP contribution in [0.5, 0.6) is 11.5 Å². The summed E-state index contributed by atoms with van der Waals surface area (Å²) in [6, 6.07) is 11.0.